The number of carbonyl (C=O) groups is 1. The summed E-state index contributed by atoms with van der Waals surface area (Å²) in [5.41, 5.74) is -0.767. The number of amides is 1. The molecule has 1 N–H and O–H groups in total. The molecule has 0 aliphatic carbocycles. The Bertz CT molecular complexity index is 802. The number of benzene rings is 1. The number of hydrogen-bond acceptors (Lipinski definition) is 5. The smallest absolute Gasteiger partial charge is 0.412 e. The molecule has 0 saturated heterocycles. The van der Waals surface area contributed by atoms with Gasteiger partial charge in [0.2, 0.25) is 5.88 Å². The van der Waals surface area contributed by atoms with Crippen molar-refractivity contribution in [2.45, 2.75) is 26.3 Å². The van der Waals surface area contributed by atoms with E-state index in [2.05, 4.69) is 4.98 Å². The van der Waals surface area contributed by atoms with Gasteiger partial charge in [0.25, 0.3) is 5.69 Å². The van der Waals surface area contributed by atoms with E-state index in [0.29, 0.717) is 0 Å². The summed E-state index contributed by atoms with van der Waals surface area (Å²) in [6.07, 6.45) is -0.214. The summed E-state index contributed by atoms with van der Waals surface area (Å²) in [6, 6.07) is 6.03. The first-order valence-corrected chi connectivity index (χ1v) is 7.20. The van der Waals surface area contributed by atoms with Gasteiger partial charge in [0.05, 0.1) is 10.6 Å². The lowest BCUT2D eigenvalue weighted by Gasteiger charge is -2.33. The molecule has 0 saturated carbocycles. The summed E-state index contributed by atoms with van der Waals surface area (Å²) in [7, 11) is 0. The van der Waals surface area contributed by atoms with Crippen molar-refractivity contribution in [1.82, 2.24) is 4.98 Å². The second-order valence-corrected chi connectivity index (χ2v) is 6.12. The Morgan fingerprint density at radius 1 is 1.32 bits per heavy atom. The monoisotopic (exact) mass is 349 g/mol. The molecule has 0 atom stereocenters. The normalized spacial score (nSPS) is 11.0. The first-order valence-electron chi connectivity index (χ1n) is 7.20. The van der Waals surface area contributed by atoms with Crippen LogP contribution in [-0.4, -0.2) is 26.6 Å². The van der Waals surface area contributed by atoms with E-state index in [1.807, 2.05) is 0 Å². The lowest BCUT2D eigenvalue weighted by molar-refractivity contribution is -0.385. The van der Waals surface area contributed by atoms with E-state index < -0.39 is 22.4 Å². The molecule has 0 fully saturated rings. The standard InChI is InChI=1S/C16H16FN3O5/c1-16(2,3)19(15(21)22)10-4-6-12(17)13(8-10)25-14-7-5-11(9-18-14)20(23)24/h4-9H,1-3H3,(H,21,22). The van der Waals surface area contributed by atoms with Crippen LogP contribution in [0.1, 0.15) is 20.8 Å². The first-order chi connectivity index (χ1) is 11.6. The molecule has 25 heavy (non-hydrogen) atoms. The number of ether oxygens (including phenoxy) is 1. The highest BCUT2D eigenvalue weighted by molar-refractivity contribution is 5.87. The number of anilines is 1. The van der Waals surface area contributed by atoms with Crippen LogP contribution in [0.3, 0.4) is 0 Å². The molecule has 0 spiro atoms. The number of aromatic nitrogens is 1. The van der Waals surface area contributed by atoms with E-state index in [1.54, 1.807) is 20.8 Å². The van der Waals surface area contributed by atoms with E-state index in [0.717, 1.165) is 17.2 Å². The number of rotatable bonds is 4. The van der Waals surface area contributed by atoms with Crippen LogP contribution >= 0.6 is 0 Å². The fourth-order valence-electron chi connectivity index (χ4n) is 2.15. The number of pyridine rings is 1. The average Bonchev–Trinajstić information content (AvgIpc) is 2.49. The van der Waals surface area contributed by atoms with Crippen LogP contribution in [0.4, 0.5) is 20.6 Å². The van der Waals surface area contributed by atoms with E-state index in [9.17, 15) is 24.4 Å². The van der Waals surface area contributed by atoms with Crippen LogP contribution < -0.4 is 9.64 Å². The summed E-state index contributed by atoms with van der Waals surface area (Å²) >= 11 is 0. The van der Waals surface area contributed by atoms with Gasteiger partial charge in [-0.15, -0.1) is 0 Å². The molecule has 9 heteroatoms. The van der Waals surface area contributed by atoms with Gasteiger partial charge in [-0.05, 0) is 32.9 Å². The van der Waals surface area contributed by atoms with Crippen molar-refractivity contribution in [3.05, 3.63) is 52.5 Å². The molecule has 0 aliphatic rings. The van der Waals surface area contributed by atoms with Crippen molar-refractivity contribution in [2.24, 2.45) is 0 Å². The molecule has 1 aromatic heterocycles. The van der Waals surface area contributed by atoms with Gasteiger partial charge in [-0.2, -0.15) is 0 Å². The second-order valence-electron chi connectivity index (χ2n) is 6.12. The van der Waals surface area contributed by atoms with Gasteiger partial charge in [0, 0.05) is 23.7 Å². The van der Waals surface area contributed by atoms with Gasteiger partial charge in [0.15, 0.2) is 11.6 Å². The molecule has 0 bridgehead atoms. The summed E-state index contributed by atoms with van der Waals surface area (Å²) < 4.78 is 19.3. The van der Waals surface area contributed by atoms with Crippen LogP contribution in [0.25, 0.3) is 0 Å². The fraction of sp³-hybridized carbons (Fsp3) is 0.250. The molecule has 0 radical (unpaired) electrons. The zero-order valence-electron chi connectivity index (χ0n) is 13.8. The molecule has 1 aromatic carbocycles. The summed E-state index contributed by atoms with van der Waals surface area (Å²) in [5, 5.41) is 20.0. The van der Waals surface area contributed by atoms with Crippen LogP contribution in [0, 0.1) is 15.9 Å². The largest absolute Gasteiger partial charge is 0.465 e. The Kier molecular flexibility index (Phi) is 4.87. The molecular weight excluding hydrogens is 333 g/mol. The van der Waals surface area contributed by atoms with E-state index >= 15 is 0 Å². The molecule has 0 unspecified atom stereocenters. The highest BCUT2D eigenvalue weighted by atomic mass is 19.1. The Morgan fingerprint density at radius 3 is 2.48 bits per heavy atom. The van der Waals surface area contributed by atoms with E-state index in [1.165, 1.54) is 24.3 Å². The van der Waals surface area contributed by atoms with Gasteiger partial charge < -0.3 is 9.84 Å². The number of nitro groups is 1. The Balaban J connectivity index is 2.35. The molecule has 8 nitrogen and oxygen atoms in total. The third kappa shape index (κ3) is 4.19. The van der Waals surface area contributed by atoms with Crippen LogP contribution in [0.15, 0.2) is 36.5 Å². The van der Waals surface area contributed by atoms with Crippen molar-refractivity contribution in [1.29, 1.82) is 0 Å². The minimum Gasteiger partial charge on any atom is -0.465 e. The number of hydrogen-bond donors (Lipinski definition) is 1. The maximum absolute atomic E-state index is 14.0. The minimum absolute atomic E-state index is 0.0562. The van der Waals surface area contributed by atoms with Crippen LogP contribution in [0.5, 0.6) is 11.6 Å². The lowest BCUT2D eigenvalue weighted by Crippen LogP contribution is -2.45. The Morgan fingerprint density at radius 2 is 2.00 bits per heavy atom. The van der Waals surface area contributed by atoms with E-state index in [-0.39, 0.29) is 23.0 Å². The SMILES string of the molecule is CC(C)(C)N(C(=O)O)c1ccc(F)c(Oc2ccc([N+](=O)[O-])cn2)c1. The van der Waals surface area contributed by atoms with Gasteiger partial charge in [0.1, 0.15) is 6.20 Å². The third-order valence-corrected chi connectivity index (χ3v) is 3.18. The summed E-state index contributed by atoms with van der Waals surface area (Å²) in [5.74, 6) is -1.02. The lowest BCUT2D eigenvalue weighted by atomic mass is 10.1. The van der Waals surface area contributed by atoms with Gasteiger partial charge in [-0.3, -0.25) is 15.0 Å². The maximum Gasteiger partial charge on any atom is 0.412 e. The summed E-state index contributed by atoms with van der Waals surface area (Å²) in [4.78, 5) is 26.3. The molecule has 2 aromatic rings. The van der Waals surface area contributed by atoms with Crippen LogP contribution in [0.2, 0.25) is 0 Å². The quantitative estimate of drug-likeness (QED) is 0.655. The molecule has 1 amide bonds. The van der Waals surface area contributed by atoms with Crippen LogP contribution in [-0.2, 0) is 0 Å². The Labute approximate surface area is 142 Å². The van der Waals surface area contributed by atoms with Crippen molar-refractivity contribution in [3.8, 4) is 11.6 Å². The van der Waals surface area contributed by atoms with Crippen molar-refractivity contribution in [3.63, 3.8) is 0 Å². The van der Waals surface area contributed by atoms with Gasteiger partial charge in [-0.1, -0.05) is 0 Å². The first kappa shape index (κ1) is 18.1. The number of nitrogens with zero attached hydrogens (tertiary/aromatic N) is 3. The van der Waals surface area contributed by atoms with Gasteiger partial charge in [-0.25, -0.2) is 14.2 Å². The van der Waals surface area contributed by atoms with E-state index in [4.69, 9.17) is 4.74 Å². The van der Waals surface area contributed by atoms with Gasteiger partial charge >= 0.3 is 6.09 Å². The molecule has 0 aliphatic heterocycles. The molecule has 132 valence electrons. The average molecular weight is 349 g/mol. The van der Waals surface area contributed by atoms with Crippen molar-refractivity contribution >= 4 is 17.5 Å². The minimum atomic E-state index is -1.20. The predicted octanol–water partition coefficient (Wildman–Crippen LogP) is 4.20. The summed E-state index contributed by atoms with van der Waals surface area (Å²) in [6.45, 7) is 5.09. The van der Waals surface area contributed by atoms with Crippen molar-refractivity contribution < 1.29 is 24.0 Å². The third-order valence-electron chi connectivity index (χ3n) is 3.18. The number of carboxylic acid groups (broad SMARTS) is 1. The van der Waals surface area contributed by atoms with Crippen molar-refractivity contribution in [2.75, 3.05) is 4.90 Å². The molecule has 1 heterocycles. The predicted molar refractivity (Wildman–Crippen MR) is 87.6 cm³/mol. The Hall–Kier alpha value is -3.23. The second kappa shape index (κ2) is 6.71. The molecule has 2 rings (SSSR count). The zero-order chi connectivity index (χ0) is 18.8. The highest BCUT2D eigenvalue weighted by Gasteiger charge is 2.28. The zero-order valence-corrected chi connectivity index (χ0v) is 13.8. The topological polar surface area (TPSA) is 106 Å². The highest BCUT2D eigenvalue weighted by Crippen LogP contribution is 2.31. The maximum atomic E-state index is 14.0. The fourth-order valence-corrected chi connectivity index (χ4v) is 2.15. The molecular formula is C16H16FN3O5. The number of halogens is 1.